The number of amides is 1. The molecule has 0 radical (unpaired) electrons. The zero-order valence-electron chi connectivity index (χ0n) is 10.4. The van der Waals surface area contributed by atoms with E-state index in [1.54, 1.807) is 4.90 Å². The Balaban J connectivity index is 2.23. The van der Waals surface area contributed by atoms with Gasteiger partial charge in [-0.3, -0.25) is 4.79 Å². The molecule has 0 aromatic heterocycles. The first-order chi connectivity index (χ1) is 9.20. The molecule has 3 rings (SSSR count). The summed E-state index contributed by atoms with van der Waals surface area (Å²) in [6, 6.07) is 17.9. The molecule has 2 nitrogen and oxygen atoms in total. The topological polar surface area (TPSA) is 20.3 Å². The van der Waals surface area contributed by atoms with Crippen molar-refractivity contribution in [3.8, 4) is 0 Å². The molecular weight excluding hydrogens is 349 g/mol. The van der Waals surface area contributed by atoms with E-state index in [0.29, 0.717) is 0 Å². The fraction of sp³-hybridized carbons (Fsp3) is 0.0625. The number of nitrogens with zero attached hydrogens (tertiary/aromatic N) is 1. The van der Waals surface area contributed by atoms with E-state index in [-0.39, 0.29) is 5.91 Å². The molecule has 19 heavy (non-hydrogen) atoms. The van der Waals surface area contributed by atoms with Gasteiger partial charge in [0, 0.05) is 21.8 Å². The number of carbonyl (C=O) groups excluding carboxylic acids is 1. The molecule has 0 N–H and O–H groups in total. The molecule has 0 aliphatic carbocycles. The van der Waals surface area contributed by atoms with Crippen LogP contribution in [-0.2, 0) is 0 Å². The molecule has 2 aromatic rings. The van der Waals surface area contributed by atoms with E-state index in [4.69, 9.17) is 0 Å². The molecule has 0 bridgehead atoms. The number of halogens is 1. The van der Waals surface area contributed by atoms with Gasteiger partial charge in [0.2, 0.25) is 0 Å². The van der Waals surface area contributed by atoms with Crippen molar-refractivity contribution in [2.75, 3.05) is 7.05 Å². The molecule has 0 atom stereocenters. The predicted octanol–water partition coefficient (Wildman–Crippen LogP) is 4.03. The van der Waals surface area contributed by atoms with E-state index in [2.05, 4.69) is 34.7 Å². The first kappa shape index (κ1) is 12.4. The molecule has 0 spiro atoms. The average Bonchev–Trinajstić information content (AvgIpc) is 2.72. The highest BCUT2D eigenvalue weighted by Gasteiger charge is 2.31. The van der Waals surface area contributed by atoms with Crippen LogP contribution in [0.1, 0.15) is 21.5 Å². The highest BCUT2D eigenvalue weighted by molar-refractivity contribution is 14.1. The van der Waals surface area contributed by atoms with Crippen molar-refractivity contribution in [1.82, 2.24) is 4.90 Å². The van der Waals surface area contributed by atoms with Crippen LogP contribution in [-0.4, -0.2) is 17.9 Å². The summed E-state index contributed by atoms with van der Waals surface area (Å²) in [5, 5.41) is 0. The van der Waals surface area contributed by atoms with Gasteiger partial charge in [-0.25, -0.2) is 0 Å². The van der Waals surface area contributed by atoms with E-state index in [0.717, 1.165) is 26.0 Å². The molecule has 0 fully saturated rings. The normalized spacial score (nSPS) is 16.5. The van der Waals surface area contributed by atoms with Gasteiger partial charge in [-0.2, -0.15) is 0 Å². The third-order valence-electron chi connectivity index (χ3n) is 3.29. The Hall–Kier alpha value is -1.62. The minimum Gasteiger partial charge on any atom is -0.310 e. The zero-order valence-corrected chi connectivity index (χ0v) is 12.6. The van der Waals surface area contributed by atoms with Gasteiger partial charge in [0.1, 0.15) is 0 Å². The van der Waals surface area contributed by atoms with Crippen LogP contribution in [0.25, 0.3) is 9.28 Å². The Kier molecular flexibility index (Phi) is 3.14. The quantitative estimate of drug-likeness (QED) is 0.703. The van der Waals surface area contributed by atoms with Crippen LogP contribution in [0.3, 0.4) is 0 Å². The number of hydrogen-bond acceptors (Lipinski definition) is 1. The van der Waals surface area contributed by atoms with Gasteiger partial charge in [-0.1, -0.05) is 48.5 Å². The van der Waals surface area contributed by atoms with Gasteiger partial charge in [0.25, 0.3) is 5.91 Å². The molecule has 1 aliphatic heterocycles. The van der Waals surface area contributed by atoms with Gasteiger partial charge in [0.05, 0.1) is 5.70 Å². The Bertz CT molecular complexity index is 676. The Morgan fingerprint density at radius 1 is 0.947 bits per heavy atom. The van der Waals surface area contributed by atoms with E-state index in [1.165, 1.54) is 0 Å². The summed E-state index contributed by atoms with van der Waals surface area (Å²) in [4.78, 5) is 14.0. The molecule has 0 saturated carbocycles. The summed E-state index contributed by atoms with van der Waals surface area (Å²) in [7, 11) is 1.83. The van der Waals surface area contributed by atoms with Crippen LogP contribution in [0.15, 0.2) is 54.6 Å². The first-order valence-electron chi connectivity index (χ1n) is 6.03. The lowest BCUT2D eigenvalue weighted by Crippen LogP contribution is -2.17. The molecule has 0 saturated heterocycles. The van der Waals surface area contributed by atoms with Crippen molar-refractivity contribution in [2.45, 2.75) is 0 Å². The first-order valence-corrected chi connectivity index (χ1v) is 7.10. The Morgan fingerprint density at radius 3 is 2.21 bits per heavy atom. The number of carbonyl (C=O) groups is 1. The molecule has 1 aliphatic rings. The van der Waals surface area contributed by atoms with Crippen LogP contribution < -0.4 is 0 Å². The maximum absolute atomic E-state index is 12.2. The van der Waals surface area contributed by atoms with Crippen LogP contribution in [0.2, 0.25) is 0 Å². The summed E-state index contributed by atoms with van der Waals surface area (Å²) in [6.07, 6.45) is 0. The van der Waals surface area contributed by atoms with Gasteiger partial charge in [0.15, 0.2) is 0 Å². The van der Waals surface area contributed by atoms with Crippen molar-refractivity contribution < 1.29 is 4.79 Å². The van der Waals surface area contributed by atoms with Gasteiger partial charge in [-0.15, -0.1) is 0 Å². The van der Waals surface area contributed by atoms with Crippen molar-refractivity contribution in [3.63, 3.8) is 0 Å². The standard InChI is InChI=1S/C16H12INO/c1-18-15(14(17)11-7-3-2-4-8-11)12-9-5-6-10-13(12)16(18)19/h2-10H,1H3/b15-14-. The maximum atomic E-state index is 12.2. The minimum absolute atomic E-state index is 0.0655. The highest BCUT2D eigenvalue weighted by atomic mass is 127. The van der Waals surface area contributed by atoms with E-state index >= 15 is 0 Å². The number of fused-ring (bicyclic) bond motifs is 1. The summed E-state index contributed by atoms with van der Waals surface area (Å²) in [6.45, 7) is 0. The third kappa shape index (κ3) is 1.98. The van der Waals surface area contributed by atoms with E-state index in [1.807, 2.05) is 49.5 Å². The van der Waals surface area contributed by atoms with Crippen molar-refractivity contribution in [1.29, 1.82) is 0 Å². The van der Waals surface area contributed by atoms with Crippen LogP contribution in [0, 0.1) is 0 Å². The van der Waals surface area contributed by atoms with Gasteiger partial charge < -0.3 is 4.90 Å². The number of benzene rings is 2. The van der Waals surface area contributed by atoms with Crippen LogP contribution >= 0.6 is 22.6 Å². The molecule has 0 unspecified atom stereocenters. The Labute approximate surface area is 125 Å². The average molecular weight is 361 g/mol. The highest BCUT2D eigenvalue weighted by Crippen LogP contribution is 2.39. The number of rotatable bonds is 1. The summed E-state index contributed by atoms with van der Waals surface area (Å²) < 4.78 is 1.10. The zero-order chi connectivity index (χ0) is 13.4. The minimum atomic E-state index is 0.0655. The fourth-order valence-electron chi connectivity index (χ4n) is 2.33. The Morgan fingerprint density at radius 2 is 1.53 bits per heavy atom. The predicted molar refractivity (Wildman–Crippen MR) is 85.8 cm³/mol. The molecule has 1 amide bonds. The third-order valence-corrected chi connectivity index (χ3v) is 4.42. The maximum Gasteiger partial charge on any atom is 0.258 e. The lowest BCUT2D eigenvalue weighted by atomic mass is 10.1. The monoisotopic (exact) mass is 361 g/mol. The lowest BCUT2D eigenvalue weighted by Gasteiger charge is -2.14. The second-order valence-electron chi connectivity index (χ2n) is 4.44. The molecular formula is C16H12INO. The summed E-state index contributed by atoms with van der Waals surface area (Å²) in [5.41, 5.74) is 3.93. The molecule has 2 aromatic carbocycles. The van der Waals surface area contributed by atoms with Gasteiger partial charge in [-0.05, 0) is 34.2 Å². The molecule has 1 heterocycles. The second-order valence-corrected chi connectivity index (χ2v) is 5.52. The van der Waals surface area contributed by atoms with Crippen molar-refractivity contribution in [3.05, 3.63) is 71.3 Å². The SMILES string of the molecule is CN1C(=O)c2ccccc2/C1=C(/I)c1ccccc1. The summed E-state index contributed by atoms with van der Waals surface area (Å²) >= 11 is 2.32. The van der Waals surface area contributed by atoms with E-state index in [9.17, 15) is 4.79 Å². The smallest absolute Gasteiger partial charge is 0.258 e. The largest absolute Gasteiger partial charge is 0.310 e. The molecule has 3 heteroatoms. The van der Waals surface area contributed by atoms with Crippen molar-refractivity contribution in [2.24, 2.45) is 0 Å². The van der Waals surface area contributed by atoms with E-state index < -0.39 is 0 Å². The van der Waals surface area contributed by atoms with Crippen molar-refractivity contribution >= 4 is 37.8 Å². The van der Waals surface area contributed by atoms with Crippen LogP contribution in [0.5, 0.6) is 0 Å². The number of hydrogen-bond donors (Lipinski definition) is 0. The fourth-order valence-corrected chi connectivity index (χ4v) is 3.34. The summed E-state index contributed by atoms with van der Waals surface area (Å²) in [5.74, 6) is 0.0655. The second kappa shape index (κ2) is 4.81. The lowest BCUT2D eigenvalue weighted by molar-refractivity contribution is 0.0875. The molecule has 94 valence electrons. The van der Waals surface area contributed by atoms with Gasteiger partial charge >= 0.3 is 0 Å². The van der Waals surface area contributed by atoms with Crippen LogP contribution in [0.4, 0.5) is 0 Å².